The Labute approximate surface area is 270 Å². The van der Waals surface area contributed by atoms with Crippen LogP contribution < -0.4 is 15.0 Å². The van der Waals surface area contributed by atoms with Crippen LogP contribution >= 0.6 is 11.8 Å². The van der Waals surface area contributed by atoms with Crippen LogP contribution in [0.15, 0.2) is 84.1 Å². The quantitative estimate of drug-likeness (QED) is 0.217. The molecule has 0 spiro atoms. The van der Waals surface area contributed by atoms with Crippen LogP contribution in [0.3, 0.4) is 0 Å². The number of halogens is 3. The number of rotatable bonds is 7. The molecule has 8 nitrogen and oxygen atoms in total. The number of nitrogens with one attached hydrogen (secondary N) is 1. The van der Waals surface area contributed by atoms with Gasteiger partial charge in [-0.25, -0.2) is 14.5 Å². The highest BCUT2D eigenvalue weighted by Crippen LogP contribution is 2.36. The Balaban J connectivity index is 1.12. The van der Waals surface area contributed by atoms with Crippen LogP contribution in [0.4, 0.5) is 23.7 Å². The second-order valence-corrected chi connectivity index (χ2v) is 12.8. The van der Waals surface area contributed by atoms with Gasteiger partial charge in [0.25, 0.3) is 0 Å². The van der Waals surface area contributed by atoms with Crippen LogP contribution in [0.5, 0.6) is 5.75 Å². The van der Waals surface area contributed by atoms with Gasteiger partial charge < -0.3 is 15.0 Å². The molecule has 1 aromatic heterocycles. The summed E-state index contributed by atoms with van der Waals surface area (Å²) in [4.78, 5) is 24.4. The zero-order valence-electron chi connectivity index (χ0n) is 25.6. The predicted octanol–water partition coefficient (Wildman–Crippen LogP) is 8.30. The Morgan fingerprint density at radius 2 is 1.78 bits per heavy atom. The van der Waals surface area contributed by atoms with Crippen molar-refractivity contribution in [3.63, 3.8) is 0 Å². The predicted molar refractivity (Wildman–Crippen MR) is 175 cm³/mol. The Kier molecular flexibility index (Phi) is 9.34. The van der Waals surface area contributed by atoms with Crippen molar-refractivity contribution in [2.24, 2.45) is 4.99 Å². The number of nitrogens with zero attached hydrogens (tertiary/aromatic N) is 5. The molecule has 46 heavy (non-hydrogen) atoms. The van der Waals surface area contributed by atoms with Crippen LogP contribution in [0, 0.1) is 0 Å². The molecule has 1 aliphatic heterocycles. The number of alkyl halides is 3. The summed E-state index contributed by atoms with van der Waals surface area (Å²) in [6.07, 6.45) is 0.653. The molecule has 2 amide bonds. The largest absolute Gasteiger partial charge is 0.573 e. The molecule has 1 N–H and O–H groups in total. The molecule has 2 unspecified atom stereocenters. The molecule has 1 saturated carbocycles. The van der Waals surface area contributed by atoms with Gasteiger partial charge in [-0.2, -0.15) is 4.99 Å². The third-order valence-electron chi connectivity index (χ3n) is 8.28. The molecule has 2 fully saturated rings. The van der Waals surface area contributed by atoms with Crippen molar-refractivity contribution in [2.75, 3.05) is 17.2 Å². The topological polar surface area (TPSA) is 84.6 Å². The van der Waals surface area contributed by atoms with Gasteiger partial charge in [-0.15, -0.1) is 18.3 Å². The third kappa shape index (κ3) is 7.38. The van der Waals surface area contributed by atoms with E-state index in [9.17, 15) is 18.0 Å². The fourth-order valence-electron chi connectivity index (χ4n) is 6.11. The molecule has 4 aromatic rings. The van der Waals surface area contributed by atoms with Crippen LogP contribution in [-0.4, -0.2) is 50.7 Å². The van der Waals surface area contributed by atoms with Crippen molar-refractivity contribution in [1.82, 2.24) is 20.1 Å². The lowest BCUT2D eigenvalue weighted by Crippen LogP contribution is -2.39. The van der Waals surface area contributed by atoms with E-state index in [1.54, 1.807) is 11.8 Å². The molecule has 3 aromatic carbocycles. The fourth-order valence-corrected chi connectivity index (χ4v) is 7.06. The molecule has 6 rings (SSSR count). The summed E-state index contributed by atoms with van der Waals surface area (Å²) in [6, 6.07) is 21.4. The van der Waals surface area contributed by atoms with E-state index in [1.165, 1.54) is 40.8 Å². The van der Waals surface area contributed by atoms with Gasteiger partial charge in [-0.05, 0) is 66.6 Å². The summed E-state index contributed by atoms with van der Waals surface area (Å²) in [7, 11) is 0. The standard InChI is InChI=1S/C34H35F3N6O2S/c1-22(2)27-7-3-4-10-30(27)42-19-6-20-46-33(42)40-32(44)39-29-9-5-8-28(29)23-11-13-24(14-12-23)31-38-21-43(41-31)25-15-17-26(18-16-25)45-34(35,36)37/h3-4,7,10-18,21-22,28-29H,5-6,8-9,19-20H2,1-2H3,(H,39,44). The maximum atomic E-state index is 13.3. The Morgan fingerprint density at radius 3 is 2.52 bits per heavy atom. The molecule has 240 valence electrons. The van der Waals surface area contributed by atoms with Crippen molar-refractivity contribution in [3.05, 3.63) is 90.3 Å². The number of amidine groups is 1. The van der Waals surface area contributed by atoms with Gasteiger partial charge >= 0.3 is 12.4 Å². The van der Waals surface area contributed by atoms with E-state index in [2.05, 4.69) is 62.1 Å². The minimum Gasteiger partial charge on any atom is -0.406 e. The van der Waals surface area contributed by atoms with E-state index in [1.807, 2.05) is 30.3 Å². The molecule has 2 heterocycles. The summed E-state index contributed by atoms with van der Waals surface area (Å²) >= 11 is 1.63. The summed E-state index contributed by atoms with van der Waals surface area (Å²) in [6.45, 7) is 5.19. The van der Waals surface area contributed by atoms with Gasteiger partial charge in [0.1, 0.15) is 12.1 Å². The number of aromatic nitrogens is 3. The van der Waals surface area contributed by atoms with Crippen LogP contribution in [-0.2, 0) is 0 Å². The van der Waals surface area contributed by atoms with Crippen LogP contribution in [0.25, 0.3) is 17.1 Å². The van der Waals surface area contributed by atoms with E-state index in [0.29, 0.717) is 17.4 Å². The molecule has 12 heteroatoms. The van der Waals surface area contributed by atoms with Gasteiger partial charge in [0, 0.05) is 35.5 Å². The summed E-state index contributed by atoms with van der Waals surface area (Å²) in [5.41, 5.74) is 4.84. The average molecular weight is 649 g/mol. The van der Waals surface area contributed by atoms with Crippen LogP contribution in [0.1, 0.15) is 62.5 Å². The van der Waals surface area contributed by atoms with E-state index in [0.717, 1.165) is 60.0 Å². The first-order valence-electron chi connectivity index (χ1n) is 15.4. The zero-order chi connectivity index (χ0) is 32.3. The number of anilines is 1. The number of urea groups is 1. The average Bonchev–Trinajstić information content (AvgIpc) is 3.71. The van der Waals surface area contributed by atoms with E-state index < -0.39 is 6.36 Å². The summed E-state index contributed by atoms with van der Waals surface area (Å²) in [5.74, 6) is 1.64. The number of carbonyl (C=O) groups excluding carboxylic acids is 1. The smallest absolute Gasteiger partial charge is 0.406 e. The van der Waals surface area contributed by atoms with Crippen molar-refractivity contribution < 1.29 is 22.7 Å². The molecule has 2 atom stereocenters. The third-order valence-corrected chi connectivity index (χ3v) is 9.35. The lowest BCUT2D eigenvalue weighted by Gasteiger charge is -2.32. The molecular weight excluding hydrogens is 613 g/mol. The van der Waals surface area contributed by atoms with Gasteiger partial charge in [-0.1, -0.05) is 74.5 Å². The highest BCUT2D eigenvalue weighted by molar-refractivity contribution is 8.14. The first kappa shape index (κ1) is 31.7. The second kappa shape index (κ2) is 13.6. The Morgan fingerprint density at radius 1 is 1.02 bits per heavy atom. The maximum Gasteiger partial charge on any atom is 0.573 e. The first-order chi connectivity index (χ1) is 22.1. The highest BCUT2D eigenvalue weighted by Gasteiger charge is 2.32. The summed E-state index contributed by atoms with van der Waals surface area (Å²) in [5, 5.41) is 8.45. The fraction of sp³-hybridized carbons (Fsp3) is 0.353. The number of amides is 2. The number of para-hydroxylation sites is 1. The second-order valence-electron chi connectivity index (χ2n) is 11.7. The first-order valence-corrected chi connectivity index (χ1v) is 16.4. The zero-order valence-corrected chi connectivity index (χ0v) is 26.4. The minimum atomic E-state index is -4.75. The van der Waals surface area contributed by atoms with Crippen LogP contribution in [0.2, 0.25) is 0 Å². The normalized spacial score (nSPS) is 19.5. The van der Waals surface area contributed by atoms with E-state index in [4.69, 9.17) is 0 Å². The number of benzene rings is 3. The van der Waals surface area contributed by atoms with E-state index in [-0.39, 0.29) is 23.7 Å². The van der Waals surface area contributed by atoms with Gasteiger partial charge in [0.2, 0.25) is 0 Å². The Hall–Kier alpha value is -4.32. The molecule has 2 aliphatic rings. The molecule has 1 aliphatic carbocycles. The number of aliphatic imine (C=N–C) groups is 1. The lowest BCUT2D eigenvalue weighted by molar-refractivity contribution is -0.274. The monoisotopic (exact) mass is 648 g/mol. The molecular formula is C34H35F3N6O2S. The number of ether oxygens (including phenoxy) is 1. The number of hydrogen-bond donors (Lipinski definition) is 1. The van der Waals surface area contributed by atoms with Crippen molar-refractivity contribution in [1.29, 1.82) is 0 Å². The molecule has 0 bridgehead atoms. The Bertz CT molecular complexity index is 1690. The van der Waals surface area contributed by atoms with E-state index >= 15 is 0 Å². The van der Waals surface area contributed by atoms with Crippen molar-refractivity contribution in [3.8, 4) is 22.8 Å². The van der Waals surface area contributed by atoms with Gasteiger partial charge in [0.15, 0.2) is 11.0 Å². The van der Waals surface area contributed by atoms with Gasteiger partial charge in [0.05, 0.1) is 5.69 Å². The maximum absolute atomic E-state index is 13.3. The number of thioether (sulfide) groups is 1. The molecule has 0 radical (unpaired) electrons. The minimum absolute atomic E-state index is 0.0191. The van der Waals surface area contributed by atoms with Crippen molar-refractivity contribution >= 4 is 28.6 Å². The molecule has 1 saturated heterocycles. The van der Waals surface area contributed by atoms with Crippen molar-refractivity contribution in [2.45, 2.75) is 63.8 Å². The van der Waals surface area contributed by atoms with Gasteiger partial charge in [-0.3, -0.25) is 0 Å². The number of carbonyl (C=O) groups is 1. The lowest BCUT2D eigenvalue weighted by atomic mass is 9.93. The number of hydrogen-bond acceptors (Lipinski definition) is 5. The SMILES string of the molecule is CC(C)c1ccccc1N1CCCSC1=NC(=O)NC1CCCC1c1ccc(-c2ncn(-c3ccc(OC(F)(F)F)cc3)n2)cc1. The highest BCUT2D eigenvalue weighted by atomic mass is 32.2. The summed E-state index contributed by atoms with van der Waals surface area (Å²) < 4.78 is 42.8.